The molecule has 17 heavy (non-hydrogen) atoms. The van der Waals surface area contributed by atoms with Gasteiger partial charge < -0.3 is 9.84 Å². The average molecular weight is 250 g/mol. The average Bonchev–Trinajstić information content (AvgIpc) is 2.82. The number of aromatic nitrogens is 2. The van der Waals surface area contributed by atoms with Gasteiger partial charge in [-0.1, -0.05) is 11.2 Å². The zero-order valence-electron chi connectivity index (χ0n) is 9.59. The van der Waals surface area contributed by atoms with E-state index in [1.54, 1.807) is 11.3 Å². The van der Waals surface area contributed by atoms with Crippen LogP contribution in [0.15, 0.2) is 22.0 Å². The van der Waals surface area contributed by atoms with E-state index in [0.717, 1.165) is 30.3 Å². The molecule has 0 unspecified atom stereocenters. The predicted octanol–water partition coefficient (Wildman–Crippen LogP) is 1.20. The summed E-state index contributed by atoms with van der Waals surface area (Å²) >= 11 is 1.61. The number of hydrogen-bond donors (Lipinski definition) is 1. The molecule has 0 saturated carbocycles. The van der Waals surface area contributed by atoms with Crippen molar-refractivity contribution in [3.8, 4) is 10.8 Å². The van der Waals surface area contributed by atoms with Gasteiger partial charge in [0.05, 0.1) is 11.4 Å². The van der Waals surface area contributed by atoms with Crippen molar-refractivity contribution < 1.29 is 4.52 Å². The molecule has 1 fully saturated rings. The van der Waals surface area contributed by atoms with Gasteiger partial charge >= 0.3 is 0 Å². The standard InChI is InChI=1S/C11H14N4OS/c1-15(8-5-12-6-8)7-10-13-11(16-14-10)9-3-2-4-17-9/h2-4,8,12H,5-7H2,1H3. The second-order valence-electron chi connectivity index (χ2n) is 4.22. The summed E-state index contributed by atoms with van der Waals surface area (Å²) in [6.45, 7) is 2.83. The van der Waals surface area contributed by atoms with Gasteiger partial charge in [0, 0.05) is 19.1 Å². The highest BCUT2D eigenvalue weighted by Gasteiger charge is 2.22. The van der Waals surface area contributed by atoms with Crippen molar-refractivity contribution in [1.29, 1.82) is 0 Å². The van der Waals surface area contributed by atoms with Gasteiger partial charge in [-0.2, -0.15) is 4.98 Å². The second kappa shape index (κ2) is 4.56. The Labute approximate surface area is 103 Å². The zero-order valence-corrected chi connectivity index (χ0v) is 10.4. The van der Waals surface area contributed by atoms with Crippen molar-refractivity contribution in [2.75, 3.05) is 20.1 Å². The molecule has 2 aromatic heterocycles. The maximum atomic E-state index is 5.25. The maximum absolute atomic E-state index is 5.25. The lowest BCUT2D eigenvalue weighted by atomic mass is 10.1. The van der Waals surface area contributed by atoms with Gasteiger partial charge in [0.25, 0.3) is 5.89 Å². The third kappa shape index (κ3) is 2.24. The Bertz CT molecular complexity index is 477. The minimum atomic E-state index is 0.596. The number of hydrogen-bond acceptors (Lipinski definition) is 6. The van der Waals surface area contributed by atoms with E-state index in [-0.39, 0.29) is 0 Å². The molecule has 0 radical (unpaired) electrons. The van der Waals surface area contributed by atoms with Gasteiger partial charge in [-0.3, -0.25) is 4.90 Å². The molecule has 2 aromatic rings. The van der Waals surface area contributed by atoms with Crippen molar-refractivity contribution >= 4 is 11.3 Å². The van der Waals surface area contributed by atoms with Gasteiger partial charge in [-0.25, -0.2) is 0 Å². The topological polar surface area (TPSA) is 54.2 Å². The number of rotatable bonds is 4. The minimum Gasteiger partial charge on any atom is -0.333 e. The smallest absolute Gasteiger partial charge is 0.268 e. The van der Waals surface area contributed by atoms with E-state index in [2.05, 4.69) is 27.4 Å². The molecular weight excluding hydrogens is 236 g/mol. The van der Waals surface area contributed by atoms with E-state index in [4.69, 9.17) is 4.52 Å². The molecule has 90 valence electrons. The van der Waals surface area contributed by atoms with Crippen LogP contribution in [0.1, 0.15) is 5.82 Å². The number of likely N-dealkylation sites (N-methyl/N-ethyl adjacent to an activating group) is 1. The molecule has 5 nitrogen and oxygen atoms in total. The molecule has 0 aliphatic carbocycles. The highest BCUT2D eigenvalue weighted by Crippen LogP contribution is 2.22. The van der Waals surface area contributed by atoms with Crippen LogP contribution >= 0.6 is 11.3 Å². The van der Waals surface area contributed by atoms with Crippen molar-refractivity contribution in [2.24, 2.45) is 0 Å². The van der Waals surface area contributed by atoms with Gasteiger partial charge in [0.2, 0.25) is 0 Å². The fourth-order valence-corrected chi connectivity index (χ4v) is 2.40. The summed E-state index contributed by atoms with van der Waals surface area (Å²) in [6.07, 6.45) is 0. The van der Waals surface area contributed by atoms with Crippen LogP contribution in [0.25, 0.3) is 10.8 Å². The predicted molar refractivity (Wildman–Crippen MR) is 65.7 cm³/mol. The lowest BCUT2D eigenvalue weighted by Gasteiger charge is -2.34. The summed E-state index contributed by atoms with van der Waals surface area (Å²) in [7, 11) is 2.09. The normalized spacial score (nSPS) is 16.4. The van der Waals surface area contributed by atoms with Crippen molar-refractivity contribution in [2.45, 2.75) is 12.6 Å². The molecule has 1 aliphatic heterocycles. The van der Waals surface area contributed by atoms with Crippen molar-refractivity contribution in [3.63, 3.8) is 0 Å². The monoisotopic (exact) mass is 250 g/mol. The van der Waals surface area contributed by atoms with E-state index >= 15 is 0 Å². The molecule has 0 atom stereocenters. The fourth-order valence-electron chi connectivity index (χ4n) is 1.76. The lowest BCUT2D eigenvalue weighted by molar-refractivity contribution is 0.168. The molecular formula is C11H14N4OS. The second-order valence-corrected chi connectivity index (χ2v) is 5.17. The van der Waals surface area contributed by atoms with Gasteiger partial charge in [0.1, 0.15) is 0 Å². The first-order chi connectivity index (χ1) is 8.33. The Balaban J connectivity index is 1.68. The highest BCUT2D eigenvalue weighted by atomic mass is 32.1. The summed E-state index contributed by atoms with van der Waals surface area (Å²) in [5.41, 5.74) is 0. The van der Waals surface area contributed by atoms with E-state index < -0.39 is 0 Å². The van der Waals surface area contributed by atoms with Crippen LogP contribution in [-0.4, -0.2) is 41.2 Å². The van der Waals surface area contributed by atoms with Crippen LogP contribution in [0, 0.1) is 0 Å². The molecule has 1 saturated heterocycles. The van der Waals surface area contributed by atoms with E-state index in [1.807, 2.05) is 17.5 Å². The maximum Gasteiger partial charge on any atom is 0.268 e. The summed E-state index contributed by atoms with van der Waals surface area (Å²) in [4.78, 5) is 7.68. The molecule has 0 amide bonds. The van der Waals surface area contributed by atoms with Crippen molar-refractivity contribution in [1.82, 2.24) is 20.4 Å². The first kappa shape index (κ1) is 10.9. The SMILES string of the molecule is CN(Cc1noc(-c2cccs2)n1)C1CNC1. The number of thiophene rings is 1. The van der Waals surface area contributed by atoms with Gasteiger partial charge in [-0.05, 0) is 18.5 Å². The summed E-state index contributed by atoms with van der Waals surface area (Å²) in [5.74, 6) is 1.37. The van der Waals surface area contributed by atoms with Crippen LogP contribution in [0.5, 0.6) is 0 Å². The first-order valence-electron chi connectivity index (χ1n) is 5.60. The Kier molecular flexibility index (Phi) is 2.92. The molecule has 3 rings (SSSR count). The Morgan fingerprint density at radius 1 is 1.59 bits per heavy atom. The van der Waals surface area contributed by atoms with Crippen LogP contribution < -0.4 is 5.32 Å². The van der Waals surface area contributed by atoms with E-state index in [0.29, 0.717) is 11.9 Å². The first-order valence-corrected chi connectivity index (χ1v) is 6.48. The van der Waals surface area contributed by atoms with Gasteiger partial charge in [-0.15, -0.1) is 11.3 Å². The summed E-state index contributed by atoms with van der Waals surface area (Å²) in [6, 6.07) is 4.57. The van der Waals surface area contributed by atoms with Crippen LogP contribution in [-0.2, 0) is 6.54 Å². The van der Waals surface area contributed by atoms with Gasteiger partial charge in [0.15, 0.2) is 5.82 Å². The molecule has 6 heteroatoms. The Hall–Kier alpha value is -1.24. The molecule has 0 bridgehead atoms. The summed E-state index contributed by atoms with van der Waals surface area (Å²) < 4.78 is 5.25. The zero-order chi connectivity index (χ0) is 11.7. The van der Waals surface area contributed by atoms with Crippen LogP contribution in [0.2, 0.25) is 0 Å². The minimum absolute atomic E-state index is 0.596. The largest absolute Gasteiger partial charge is 0.333 e. The summed E-state index contributed by atoms with van der Waals surface area (Å²) in [5, 5.41) is 9.27. The fraction of sp³-hybridized carbons (Fsp3) is 0.455. The molecule has 3 heterocycles. The molecule has 1 N–H and O–H groups in total. The lowest BCUT2D eigenvalue weighted by Crippen LogP contribution is -2.55. The molecule has 1 aliphatic rings. The van der Waals surface area contributed by atoms with Crippen LogP contribution in [0.4, 0.5) is 0 Å². The quantitative estimate of drug-likeness (QED) is 0.883. The highest BCUT2D eigenvalue weighted by molar-refractivity contribution is 7.13. The molecule has 0 aromatic carbocycles. The van der Waals surface area contributed by atoms with Crippen LogP contribution in [0.3, 0.4) is 0 Å². The third-order valence-corrected chi connectivity index (χ3v) is 3.83. The third-order valence-electron chi connectivity index (χ3n) is 2.97. The van der Waals surface area contributed by atoms with E-state index in [9.17, 15) is 0 Å². The van der Waals surface area contributed by atoms with E-state index in [1.165, 1.54) is 0 Å². The Morgan fingerprint density at radius 2 is 2.47 bits per heavy atom. The Morgan fingerprint density at radius 3 is 3.12 bits per heavy atom. The number of nitrogens with zero attached hydrogens (tertiary/aromatic N) is 3. The van der Waals surface area contributed by atoms with Crippen molar-refractivity contribution in [3.05, 3.63) is 23.3 Å². The molecule has 0 spiro atoms. The number of nitrogens with one attached hydrogen (secondary N) is 1.